The van der Waals surface area contributed by atoms with Gasteiger partial charge in [-0.1, -0.05) is 18.2 Å². The van der Waals surface area contributed by atoms with Crippen LogP contribution in [0.2, 0.25) is 0 Å². The second-order valence-corrected chi connectivity index (χ2v) is 4.70. The lowest BCUT2D eigenvalue weighted by Crippen LogP contribution is -2.52. The molecule has 1 fully saturated rings. The number of hydrogen-bond donors (Lipinski definition) is 0. The number of Topliss-reactive ketones (excluding diaryl/α,β-unsaturated/α-hetero) is 1. The summed E-state index contributed by atoms with van der Waals surface area (Å²) in [7, 11) is 1.18. The molecular weight excluding hydrogens is 260 g/mol. The highest BCUT2D eigenvalue weighted by Gasteiger charge is 2.51. The highest BCUT2D eigenvalue weighted by atomic mass is 16.6. The molecule has 0 N–H and O–H groups in total. The maximum atomic E-state index is 12.1. The van der Waals surface area contributed by atoms with Gasteiger partial charge in [0.1, 0.15) is 0 Å². The largest absolute Gasteiger partial charge is 0.466 e. The van der Waals surface area contributed by atoms with E-state index in [2.05, 4.69) is 4.74 Å². The van der Waals surface area contributed by atoms with Crippen molar-refractivity contribution in [1.29, 1.82) is 0 Å². The van der Waals surface area contributed by atoms with Crippen molar-refractivity contribution in [2.45, 2.75) is 31.3 Å². The molecule has 1 aliphatic carbocycles. The smallest absolute Gasteiger partial charge is 0.358 e. The van der Waals surface area contributed by atoms with Crippen molar-refractivity contribution in [2.75, 3.05) is 7.11 Å². The number of esters is 2. The van der Waals surface area contributed by atoms with E-state index < -0.39 is 17.5 Å². The summed E-state index contributed by atoms with van der Waals surface area (Å²) >= 11 is 0. The standard InChI is InChI=1S/C15H16O5/c1-19-14(18)15(10-6-5-9-12(15)16)20-13(17)11-7-3-2-4-8-11/h2-4,7-8H,5-6,9-10H2,1H3/t15-/m0/s1. The number of methoxy groups -OCH3 is 1. The Kier molecular flexibility index (Phi) is 4.17. The first kappa shape index (κ1) is 14.2. The van der Waals surface area contributed by atoms with E-state index in [4.69, 9.17) is 4.74 Å². The molecule has 1 aliphatic rings. The maximum Gasteiger partial charge on any atom is 0.358 e. The van der Waals surface area contributed by atoms with Crippen LogP contribution in [0.1, 0.15) is 36.0 Å². The fraction of sp³-hybridized carbons (Fsp3) is 0.400. The SMILES string of the molecule is COC(=O)[C@]1(OC(=O)c2ccccc2)CCCCC1=O. The molecule has 0 aliphatic heterocycles. The van der Waals surface area contributed by atoms with Crippen LogP contribution in [0, 0.1) is 0 Å². The van der Waals surface area contributed by atoms with Gasteiger partial charge in [-0.15, -0.1) is 0 Å². The van der Waals surface area contributed by atoms with E-state index in [-0.39, 0.29) is 18.6 Å². The summed E-state index contributed by atoms with van der Waals surface area (Å²) in [5.74, 6) is -1.88. The molecule has 2 rings (SSSR count). The molecular formula is C15H16O5. The summed E-state index contributed by atoms with van der Waals surface area (Å²) in [4.78, 5) is 36.2. The van der Waals surface area contributed by atoms with Gasteiger partial charge in [-0.2, -0.15) is 0 Å². The molecule has 5 heteroatoms. The van der Waals surface area contributed by atoms with E-state index in [1.54, 1.807) is 30.3 Å². The first-order valence-electron chi connectivity index (χ1n) is 6.50. The Morgan fingerprint density at radius 2 is 1.85 bits per heavy atom. The van der Waals surface area contributed by atoms with E-state index in [1.165, 1.54) is 7.11 Å². The van der Waals surface area contributed by atoms with Gasteiger partial charge in [-0.25, -0.2) is 9.59 Å². The van der Waals surface area contributed by atoms with Crippen LogP contribution < -0.4 is 0 Å². The number of rotatable bonds is 3. The van der Waals surface area contributed by atoms with Crippen LogP contribution in [0.4, 0.5) is 0 Å². The van der Waals surface area contributed by atoms with Crippen LogP contribution >= 0.6 is 0 Å². The molecule has 0 spiro atoms. The fourth-order valence-corrected chi connectivity index (χ4v) is 2.32. The normalized spacial score (nSPS) is 22.1. The Morgan fingerprint density at radius 1 is 1.15 bits per heavy atom. The summed E-state index contributed by atoms with van der Waals surface area (Å²) < 4.78 is 9.93. The molecule has 0 saturated heterocycles. The van der Waals surface area contributed by atoms with Gasteiger partial charge in [-0.05, 0) is 25.0 Å². The van der Waals surface area contributed by atoms with E-state index in [9.17, 15) is 14.4 Å². The Bertz CT molecular complexity index is 512. The van der Waals surface area contributed by atoms with Gasteiger partial charge in [0.2, 0.25) is 0 Å². The average Bonchev–Trinajstić information content (AvgIpc) is 2.49. The molecule has 1 aromatic carbocycles. The quantitative estimate of drug-likeness (QED) is 0.623. The second-order valence-electron chi connectivity index (χ2n) is 4.70. The van der Waals surface area contributed by atoms with E-state index in [0.717, 1.165) is 0 Å². The van der Waals surface area contributed by atoms with E-state index >= 15 is 0 Å². The van der Waals surface area contributed by atoms with Crippen molar-refractivity contribution in [1.82, 2.24) is 0 Å². The molecule has 5 nitrogen and oxygen atoms in total. The lowest BCUT2D eigenvalue weighted by molar-refractivity contribution is -0.171. The van der Waals surface area contributed by atoms with Gasteiger partial charge < -0.3 is 9.47 Å². The summed E-state index contributed by atoms with van der Waals surface area (Å²) in [5.41, 5.74) is -1.48. The third-order valence-corrected chi connectivity index (χ3v) is 3.42. The first-order chi connectivity index (χ1) is 9.60. The zero-order chi connectivity index (χ0) is 14.6. The third-order valence-electron chi connectivity index (χ3n) is 3.42. The first-order valence-corrected chi connectivity index (χ1v) is 6.50. The summed E-state index contributed by atoms with van der Waals surface area (Å²) in [5, 5.41) is 0. The Balaban J connectivity index is 2.27. The summed E-state index contributed by atoms with van der Waals surface area (Å²) in [6, 6.07) is 8.27. The predicted octanol–water partition coefficient (Wildman–Crippen LogP) is 1.90. The van der Waals surface area contributed by atoms with Crippen molar-refractivity contribution in [2.24, 2.45) is 0 Å². The summed E-state index contributed by atoms with van der Waals surface area (Å²) in [6.07, 6.45) is 1.73. The zero-order valence-electron chi connectivity index (χ0n) is 11.3. The molecule has 0 amide bonds. The zero-order valence-corrected chi connectivity index (χ0v) is 11.3. The minimum absolute atomic E-state index is 0.178. The van der Waals surface area contributed by atoms with Crippen molar-refractivity contribution >= 4 is 17.7 Å². The lowest BCUT2D eigenvalue weighted by Gasteiger charge is -2.32. The van der Waals surface area contributed by atoms with Gasteiger partial charge in [0.15, 0.2) is 5.78 Å². The molecule has 1 saturated carbocycles. The second kappa shape index (κ2) is 5.86. The van der Waals surface area contributed by atoms with Gasteiger partial charge in [0.25, 0.3) is 5.60 Å². The number of benzene rings is 1. The molecule has 1 atom stereocenters. The van der Waals surface area contributed by atoms with E-state index in [0.29, 0.717) is 18.4 Å². The van der Waals surface area contributed by atoms with Crippen LogP contribution in [0.15, 0.2) is 30.3 Å². The van der Waals surface area contributed by atoms with Crippen molar-refractivity contribution < 1.29 is 23.9 Å². The van der Waals surface area contributed by atoms with Crippen LogP contribution in [-0.4, -0.2) is 30.4 Å². The van der Waals surface area contributed by atoms with Crippen LogP contribution in [-0.2, 0) is 19.1 Å². The number of ketones is 1. The predicted molar refractivity (Wildman–Crippen MR) is 70.1 cm³/mol. The molecule has 106 valence electrons. The van der Waals surface area contributed by atoms with Crippen molar-refractivity contribution in [3.8, 4) is 0 Å². The number of ether oxygens (including phenoxy) is 2. The lowest BCUT2D eigenvalue weighted by atomic mass is 9.83. The topological polar surface area (TPSA) is 69.7 Å². The Hall–Kier alpha value is -2.17. The average molecular weight is 276 g/mol. The van der Waals surface area contributed by atoms with Crippen LogP contribution in [0.25, 0.3) is 0 Å². The summed E-state index contributed by atoms with van der Waals surface area (Å²) in [6.45, 7) is 0. The molecule has 20 heavy (non-hydrogen) atoms. The van der Waals surface area contributed by atoms with Crippen molar-refractivity contribution in [3.63, 3.8) is 0 Å². The van der Waals surface area contributed by atoms with E-state index in [1.807, 2.05) is 0 Å². The molecule has 0 heterocycles. The monoisotopic (exact) mass is 276 g/mol. The van der Waals surface area contributed by atoms with Crippen molar-refractivity contribution in [3.05, 3.63) is 35.9 Å². The Morgan fingerprint density at radius 3 is 2.45 bits per heavy atom. The third kappa shape index (κ3) is 2.57. The molecule has 1 aromatic rings. The molecule has 0 aromatic heterocycles. The maximum absolute atomic E-state index is 12.1. The highest BCUT2D eigenvalue weighted by Crippen LogP contribution is 2.31. The van der Waals surface area contributed by atoms with Gasteiger partial charge in [0.05, 0.1) is 12.7 Å². The van der Waals surface area contributed by atoms with Gasteiger partial charge >= 0.3 is 11.9 Å². The molecule has 0 radical (unpaired) electrons. The fourth-order valence-electron chi connectivity index (χ4n) is 2.32. The molecule has 0 bridgehead atoms. The molecule has 0 unspecified atom stereocenters. The minimum atomic E-state index is -1.78. The van der Waals surface area contributed by atoms with Crippen LogP contribution in [0.5, 0.6) is 0 Å². The van der Waals surface area contributed by atoms with Gasteiger partial charge in [-0.3, -0.25) is 4.79 Å². The number of carbonyl (C=O) groups excluding carboxylic acids is 3. The number of hydrogen-bond acceptors (Lipinski definition) is 5. The van der Waals surface area contributed by atoms with Gasteiger partial charge in [0, 0.05) is 12.8 Å². The number of carbonyl (C=O) groups is 3. The van der Waals surface area contributed by atoms with Crippen LogP contribution in [0.3, 0.4) is 0 Å². The Labute approximate surface area is 116 Å². The highest BCUT2D eigenvalue weighted by molar-refractivity contribution is 6.10. The minimum Gasteiger partial charge on any atom is -0.466 e.